The van der Waals surface area contributed by atoms with E-state index in [1.165, 1.54) is 19.4 Å². The molecule has 1 heterocycles. The number of Topliss-reactive ketones (excluding diaryl/α,β-unsaturated/α-hetero) is 1. The van der Waals surface area contributed by atoms with Crippen LogP contribution in [0.15, 0.2) is 11.6 Å². The number of hydrogen-bond donors (Lipinski definition) is 2. The van der Waals surface area contributed by atoms with Crippen LogP contribution in [0, 0.1) is 34.5 Å². The largest absolute Gasteiger partial charge is 0.455 e. The Morgan fingerprint density at radius 1 is 0.950 bits per heavy atom. The SMILES string of the molecule is CC(=O)O[C@H]1[C@H](O[C@H]2C[C@@H]3C(=CC[C@]4(C)[C@@H](C(C)=O)CC[C@@H]34)[C@@]3(C)CC[C@H](O)C[C@H]23)O[C@H](C)[C@@H](O)[C@@H]1OC(C)=O. The van der Waals surface area contributed by atoms with Gasteiger partial charge in [0.15, 0.2) is 18.5 Å². The van der Waals surface area contributed by atoms with Gasteiger partial charge < -0.3 is 29.2 Å². The van der Waals surface area contributed by atoms with Crippen LogP contribution in [0.25, 0.3) is 0 Å². The van der Waals surface area contributed by atoms with Gasteiger partial charge in [-0.2, -0.15) is 0 Å². The van der Waals surface area contributed by atoms with Crippen molar-refractivity contribution in [2.24, 2.45) is 34.5 Å². The monoisotopic (exact) mass is 562 g/mol. The van der Waals surface area contributed by atoms with Gasteiger partial charge in [0.2, 0.25) is 0 Å². The zero-order valence-electron chi connectivity index (χ0n) is 24.6. The van der Waals surface area contributed by atoms with Crippen LogP contribution in [0.2, 0.25) is 0 Å². The van der Waals surface area contributed by atoms with E-state index < -0.39 is 48.7 Å². The molecule has 2 N–H and O–H groups in total. The number of carbonyl (C=O) groups excluding carboxylic acids is 3. The molecule has 5 aliphatic rings. The molecule has 0 aromatic heterocycles. The first-order valence-electron chi connectivity index (χ1n) is 15.0. The molecule has 4 fully saturated rings. The number of aliphatic hydroxyl groups excluding tert-OH is 2. The van der Waals surface area contributed by atoms with Crippen LogP contribution in [0.5, 0.6) is 0 Å². The van der Waals surface area contributed by atoms with Crippen LogP contribution >= 0.6 is 0 Å². The molecule has 1 saturated heterocycles. The fraction of sp³-hybridized carbons (Fsp3) is 0.839. The number of fused-ring (bicyclic) bond motifs is 5. The fourth-order valence-electron chi connectivity index (χ4n) is 9.25. The Balaban J connectivity index is 1.49. The lowest BCUT2D eigenvalue weighted by Crippen LogP contribution is -2.62. The van der Waals surface area contributed by atoms with Crippen molar-refractivity contribution in [1.82, 2.24) is 0 Å². The molecule has 0 aromatic rings. The minimum atomic E-state index is -1.20. The molecule has 1 aliphatic heterocycles. The second-order valence-electron chi connectivity index (χ2n) is 13.5. The Morgan fingerprint density at radius 2 is 1.62 bits per heavy atom. The van der Waals surface area contributed by atoms with E-state index in [0.29, 0.717) is 18.8 Å². The highest BCUT2D eigenvalue weighted by atomic mass is 16.7. The molecule has 13 atom stereocenters. The van der Waals surface area contributed by atoms with Crippen molar-refractivity contribution in [3.05, 3.63) is 11.6 Å². The number of ketones is 1. The third kappa shape index (κ3) is 4.95. The summed E-state index contributed by atoms with van der Waals surface area (Å²) in [5.74, 6) is -0.307. The molecule has 9 nitrogen and oxygen atoms in total. The number of rotatable bonds is 5. The Bertz CT molecular complexity index is 1060. The normalized spacial score (nSPS) is 48.2. The van der Waals surface area contributed by atoms with E-state index in [-0.39, 0.29) is 40.5 Å². The fourth-order valence-corrected chi connectivity index (χ4v) is 9.25. The topological polar surface area (TPSA) is 129 Å². The maximum absolute atomic E-state index is 12.6. The molecule has 40 heavy (non-hydrogen) atoms. The second-order valence-corrected chi connectivity index (χ2v) is 13.5. The first-order valence-corrected chi connectivity index (χ1v) is 15.0. The molecule has 0 aromatic carbocycles. The average Bonchev–Trinajstić information content (AvgIpc) is 3.22. The summed E-state index contributed by atoms with van der Waals surface area (Å²) in [6, 6.07) is 0. The van der Waals surface area contributed by atoms with Gasteiger partial charge in [0, 0.05) is 19.8 Å². The van der Waals surface area contributed by atoms with Crippen LogP contribution in [0.1, 0.15) is 86.5 Å². The Morgan fingerprint density at radius 3 is 2.27 bits per heavy atom. The van der Waals surface area contributed by atoms with Crippen LogP contribution < -0.4 is 0 Å². The van der Waals surface area contributed by atoms with Crippen LogP contribution in [-0.2, 0) is 33.3 Å². The number of hydrogen-bond acceptors (Lipinski definition) is 9. The van der Waals surface area contributed by atoms with Crippen molar-refractivity contribution in [2.45, 2.75) is 129 Å². The highest BCUT2D eigenvalue weighted by molar-refractivity contribution is 5.79. The summed E-state index contributed by atoms with van der Waals surface area (Å²) < 4.78 is 23.9. The lowest BCUT2D eigenvalue weighted by atomic mass is 9.48. The van der Waals surface area contributed by atoms with Crippen molar-refractivity contribution in [2.75, 3.05) is 0 Å². The molecule has 0 radical (unpaired) electrons. The number of aliphatic hydroxyl groups is 2. The summed E-state index contributed by atoms with van der Waals surface area (Å²) in [5, 5.41) is 21.5. The number of ether oxygens (including phenoxy) is 4. The molecule has 4 aliphatic carbocycles. The summed E-state index contributed by atoms with van der Waals surface area (Å²) in [4.78, 5) is 36.6. The molecule has 0 unspecified atom stereocenters. The summed E-state index contributed by atoms with van der Waals surface area (Å²) in [6.07, 6.45) is 1.99. The van der Waals surface area contributed by atoms with Gasteiger partial charge in [0.25, 0.3) is 0 Å². The summed E-state index contributed by atoms with van der Waals surface area (Å²) in [7, 11) is 0. The average molecular weight is 563 g/mol. The molecule has 3 saturated carbocycles. The van der Waals surface area contributed by atoms with Crippen LogP contribution in [0.4, 0.5) is 0 Å². The van der Waals surface area contributed by atoms with Gasteiger partial charge in [-0.3, -0.25) is 14.4 Å². The van der Waals surface area contributed by atoms with Crippen molar-refractivity contribution in [1.29, 1.82) is 0 Å². The zero-order chi connectivity index (χ0) is 29.1. The van der Waals surface area contributed by atoms with Crippen molar-refractivity contribution in [3.63, 3.8) is 0 Å². The van der Waals surface area contributed by atoms with E-state index >= 15 is 0 Å². The summed E-state index contributed by atoms with van der Waals surface area (Å²) >= 11 is 0. The van der Waals surface area contributed by atoms with Gasteiger partial charge in [0.05, 0.1) is 18.3 Å². The minimum absolute atomic E-state index is 0.00372. The van der Waals surface area contributed by atoms with E-state index in [1.54, 1.807) is 13.8 Å². The van der Waals surface area contributed by atoms with Crippen molar-refractivity contribution in [3.8, 4) is 0 Å². The Kier molecular flexibility index (Phi) is 8.00. The van der Waals surface area contributed by atoms with Gasteiger partial charge >= 0.3 is 11.9 Å². The van der Waals surface area contributed by atoms with Gasteiger partial charge in [-0.25, -0.2) is 0 Å². The first kappa shape index (κ1) is 29.7. The lowest BCUT2D eigenvalue weighted by Gasteiger charge is -2.59. The van der Waals surface area contributed by atoms with E-state index in [0.717, 1.165) is 32.1 Å². The van der Waals surface area contributed by atoms with Gasteiger partial charge in [0.1, 0.15) is 11.9 Å². The molecular weight excluding hydrogens is 516 g/mol. The summed E-state index contributed by atoms with van der Waals surface area (Å²) in [5.41, 5.74) is 1.16. The van der Waals surface area contributed by atoms with Crippen molar-refractivity contribution >= 4 is 17.7 Å². The number of allylic oxidation sites excluding steroid dienone is 2. The maximum atomic E-state index is 12.6. The standard InChI is InChI=1S/C31H46O9/c1-15(32)21-7-8-22-20-14-25(24-13-19(35)9-11-31(24,6)23(20)10-12-30(21,22)5)40-29-28(39-18(4)34)27(38-17(3)33)26(36)16(2)37-29/h10,16,19-22,24-29,35-36H,7-9,11-14H2,1-6H3/t16-,19+,20+,21-,22+,24-,25+,26-,27+,28-,29+,30-,31-/m1/s1. The molecule has 224 valence electrons. The van der Waals surface area contributed by atoms with Gasteiger partial charge in [-0.1, -0.05) is 25.5 Å². The third-order valence-corrected chi connectivity index (χ3v) is 11.2. The lowest BCUT2D eigenvalue weighted by molar-refractivity contribution is -0.318. The molecule has 9 heteroatoms. The molecule has 5 rings (SSSR count). The van der Waals surface area contributed by atoms with Crippen LogP contribution in [0.3, 0.4) is 0 Å². The van der Waals surface area contributed by atoms with E-state index in [1.807, 2.05) is 0 Å². The quantitative estimate of drug-likeness (QED) is 0.382. The summed E-state index contributed by atoms with van der Waals surface area (Å²) in [6.45, 7) is 10.4. The van der Waals surface area contributed by atoms with Gasteiger partial charge in [-0.05, 0) is 87.4 Å². The number of carbonyl (C=O) groups is 3. The van der Waals surface area contributed by atoms with Crippen molar-refractivity contribution < 1.29 is 43.5 Å². The molecule has 0 spiro atoms. The molecular formula is C31H46O9. The van der Waals surface area contributed by atoms with E-state index in [2.05, 4.69) is 19.9 Å². The highest BCUT2D eigenvalue weighted by Gasteiger charge is 2.61. The second kappa shape index (κ2) is 10.8. The smallest absolute Gasteiger partial charge is 0.303 e. The highest BCUT2D eigenvalue weighted by Crippen LogP contribution is 2.66. The first-order chi connectivity index (χ1) is 18.8. The Hall–Kier alpha value is -1.81. The van der Waals surface area contributed by atoms with E-state index in [4.69, 9.17) is 18.9 Å². The Labute approximate surface area is 236 Å². The third-order valence-electron chi connectivity index (χ3n) is 11.2. The number of esters is 2. The molecule has 0 bridgehead atoms. The zero-order valence-corrected chi connectivity index (χ0v) is 24.6. The molecule has 0 amide bonds. The predicted molar refractivity (Wildman–Crippen MR) is 144 cm³/mol. The minimum Gasteiger partial charge on any atom is -0.455 e. The van der Waals surface area contributed by atoms with Gasteiger partial charge in [-0.15, -0.1) is 0 Å². The van der Waals surface area contributed by atoms with E-state index in [9.17, 15) is 24.6 Å². The maximum Gasteiger partial charge on any atom is 0.303 e. The predicted octanol–water partition coefficient (Wildman–Crippen LogP) is 3.48. The van der Waals surface area contributed by atoms with Crippen LogP contribution in [-0.4, -0.2) is 70.8 Å².